The van der Waals surface area contributed by atoms with Crippen molar-refractivity contribution >= 4 is 5.97 Å². The van der Waals surface area contributed by atoms with E-state index in [1.165, 1.54) is 23.9 Å². The lowest BCUT2D eigenvalue weighted by atomic mass is 9.79. The first-order valence-corrected chi connectivity index (χ1v) is 8.62. The van der Waals surface area contributed by atoms with Crippen LogP contribution in [0.3, 0.4) is 0 Å². The topological polar surface area (TPSA) is 40.5 Å². The Labute approximate surface area is 142 Å². The molecule has 2 saturated heterocycles. The Hall–Kier alpha value is -2.07. The van der Waals surface area contributed by atoms with Gasteiger partial charge in [-0.15, -0.1) is 0 Å². The Morgan fingerprint density at radius 3 is 2.67 bits per heavy atom. The van der Waals surface area contributed by atoms with E-state index in [4.69, 9.17) is 9.47 Å². The molecular weight excluding hydrogens is 302 g/mol. The molecular formula is C20H23NO3. The molecule has 1 aromatic heterocycles. The van der Waals surface area contributed by atoms with Crippen LogP contribution in [0.2, 0.25) is 0 Å². The Bertz CT molecular complexity index is 734. The summed E-state index contributed by atoms with van der Waals surface area (Å²) < 4.78 is 13.2. The number of methoxy groups -OCH3 is 1. The van der Waals surface area contributed by atoms with Gasteiger partial charge in [0.05, 0.1) is 25.2 Å². The molecule has 4 heteroatoms. The van der Waals surface area contributed by atoms with Crippen molar-refractivity contribution in [3.8, 4) is 11.3 Å². The van der Waals surface area contributed by atoms with Gasteiger partial charge >= 0.3 is 5.97 Å². The van der Waals surface area contributed by atoms with Crippen LogP contribution in [0.15, 0.2) is 42.6 Å². The number of aryl methyl sites for hydroxylation is 1. The van der Waals surface area contributed by atoms with Crippen LogP contribution in [0.5, 0.6) is 0 Å². The van der Waals surface area contributed by atoms with E-state index in [1.54, 1.807) is 0 Å². The maximum atomic E-state index is 12.3. The quantitative estimate of drug-likeness (QED) is 0.811. The average Bonchev–Trinajstić information content (AvgIpc) is 3.20. The van der Waals surface area contributed by atoms with Crippen molar-refractivity contribution in [2.75, 3.05) is 7.11 Å². The minimum absolute atomic E-state index is 0.00810. The van der Waals surface area contributed by atoms with Crippen LogP contribution in [0.25, 0.3) is 11.3 Å². The fourth-order valence-electron chi connectivity index (χ4n) is 4.32. The van der Waals surface area contributed by atoms with Crippen molar-refractivity contribution in [3.63, 3.8) is 0 Å². The molecule has 2 aliphatic heterocycles. The number of hydrogen-bond donors (Lipinski definition) is 0. The van der Waals surface area contributed by atoms with Crippen molar-refractivity contribution in [2.45, 2.75) is 37.4 Å². The summed E-state index contributed by atoms with van der Waals surface area (Å²) in [7, 11) is 3.52. The Morgan fingerprint density at radius 1 is 1.21 bits per heavy atom. The van der Waals surface area contributed by atoms with Gasteiger partial charge in [-0.2, -0.15) is 0 Å². The van der Waals surface area contributed by atoms with Gasteiger partial charge < -0.3 is 14.0 Å². The first-order valence-electron chi connectivity index (χ1n) is 8.62. The van der Waals surface area contributed by atoms with E-state index in [2.05, 4.69) is 34.9 Å². The van der Waals surface area contributed by atoms with Crippen LogP contribution in [0.1, 0.15) is 30.7 Å². The number of carbonyl (C=O) groups is 1. The SMILES string of the molecule is COC(=O)[C@@H]1[C@H]2CC[C@@H](C[C@H]1c1ccc(-c3cccn3C)cc1)O2. The third kappa shape index (κ3) is 2.55. The lowest BCUT2D eigenvalue weighted by molar-refractivity contribution is -0.156. The molecule has 0 radical (unpaired) electrons. The molecule has 2 fully saturated rings. The van der Waals surface area contributed by atoms with Crippen LogP contribution in [0.4, 0.5) is 0 Å². The molecule has 0 aliphatic carbocycles. The average molecular weight is 325 g/mol. The van der Waals surface area contributed by atoms with Gasteiger partial charge in [0, 0.05) is 24.9 Å². The molecule has 0 saturated carbocycles. The first kappa shape index (κ1) is 15.5. The molecule has 0 unspecified atom stereocenters. The zero-order chi connectivity index (χ0) is 16.7. The lowest BCUT2D eigenvalue weighted by Crippen LogP contribution is -2.39. The summed E-state index contributed by atoms with van der Waals surface area (Å²) in [4.78, 5) is 12.3. The highest BCUT2D eigenvalue weighted by atomic mass is 16.5. The fraction of sp³-hybridized carbons (Fsp3) is 0.450. The summed E-state index contributed by atoms with van der Waals surface area (Å²) in [6.07, 6.45) is 5.26. The molecule has 4 rings (SSSR count). The number of carbonyl (C=O) groups excluding carboxylic acids is 1. The largest absolute Gasteiger partial charge is 0.469 e. The molecule has 1 aromatic carbocycles. The van der Waals surface area contributed by atoms with E-state index in [0.29, 0.717) is 0 Å². The smallest absolute Gasteiger partial charge is 0.311 e. The summed E-state index contributed by atoms with van der Waals surface area (Å²) in [6, 6.07) is 12.8. The zero-order valence-electron chi connectivity index (χ0n) is 14.1. The number of benzene rings is 1. The summed E-state index contributed by atoms with van der Waals surface area (Å²) in [5.41, 5.74) is 3.59. The van der Waals surface area contributed by atoms with Gasteiger partial charge in [0.2, 0.25) is 0 Å². The summed E-state index contributed by atoms with van der Waals surface area (Å²) in [6.45, 7) is 0. The molecule has 2 bridgehead atoms. The fourth-order valence-corrected chi connectivity index (χ4v) is 4.32. The third-order valence-corrected chi connectivity index (χ3v) is 5.54. The van der Waals surface area contributed by atoms with Gasteiger partial charge in [0.1, 0.15) is 0 Å². The van der Waals surface area contributed by atoms with Gasteiger partial charge in [0.15, 0.2) is 0 Å². The van der Waals surface area contributed by atoms with E-state index >= 15 is 0 Å². The molecule has 0 spiro atoms. The number of hydrogen-bond acceptors (Lipinski definition) is 3. The molecule has 24 heavy (non-hydrogen) atoms. The van der Waals surface area contributed by atoms with Crippen molar-refractivity contribution in [1.29, 1.82) is 0 Å². The highest BCUT2D eigenvalue weighted by molar-refractivity contribution is 5.75. The summed E-state index contributed by atoms with van der Waals surface area (Å²) in [5, 5.41) is 0. The van der Waals surface area contributed by atoms with Crippen molar-refractivity contribution in [1.82, 2.24) is 4.57 Å². The van der Waals surface area contributed by atoms with Crippen LogP contribution < -0.4 is 0 Å². The van der Waals surface area contributed by atoms with Crippen LogP contribution in [-0.4, -0.2) is 29.9 Å². The molecule has 0 amide bonds. The normalized spacial score (nSPS) is 28.8. The molecule has 3 heterocycles. The van der Waals surface area contributed by atoms with Gasteiger partial charge in [-0.25, -0.2) is 0 Å². The second-order valence-corrected chi connectivity index (χ2v) is 6.89. The molecule has 4 atom stereocenters. The summed E-state index contributed by atoms with van der Waals surface area (Å²) in [5.74, 6) is -0.141. The van der Waals surface area contributed by atoms with Crippen LogP contribution in [-0.2, 0) is 21.3 Å². The Morgan fingerprint density at radius 2 is 2.00 bits per heavy atom. The standard InChI is InChI=1S/C20H23NO3/c1-21-11-3-4-17(21)14-7-5-13(6-8-14)16-12-15-9-10-18(24-15)19(16)20(22)23-2/h3-8,11,15-16,18-19H,9-10,12H2,1-2H3/t15-,16-,18+,19-/m0/s1. The predicted molar refractivity (Wildman–Crippen MR) is 91.6 cm³/mol. The van der Waals surface area contributed by atoms with E-state index in [1.807, 2.05) is 19.3 Å². The second-order valence-electron chi connectivity index (χ2n) is 6.89. The number of rotatable bonds is 3. The number of aromatic nitrogens is 1. The molecule has 4 nitrogen and oxygen atoms in total. The Balaban J connectivity index is 1.64. The lowest BCUT2D eigenvalue weighted by Gasteiger charge is -2.35. The van der Waals surface area contributed by atoms with Crippen molar-refractivity contribution < 1.29 is 14.3 Å². The van der Waals surface area contributed by atoms with Gasteiger partial charge in [-0.3, -0.25) is 4.79 Å². The zero-order valence-corrected chi connectivity index (χ0v) is 14.1. The van der Waals surface area contributed by atoms with Gasteiger partial charge in [0.25, 0.3) is 0 Å². The second kappa shape index (κ2) is 6.10. The minimum Gasteiger partial charge on any atom is -0.469 e. The van der Waals surface area contributed by atoms with Gasteiger partial charge in [-0.05, 0) is 42.5 Å². The maximum Gasteiger partial charge on any atom is 0.311 e. The van der Waals surface area contributed by atoms with Crippen molar-refractivity contribution in [2.24, 2.45) is 13.0 Å². The van der Waals surface area contributed by atoms with Crippen LogP contribution >= 0.6 is 0 Å². The molecule has 0 N–H and O–H groups in total. The highest BCUT2D eigenvalue weighted by Crippen LogP contribution is 2.45. The maximum absolute atomic E-state index is 12.3. The number of esters is 1. The van der Waals surface area contributed by atoms with Gasteiger partial charge in [-0.1, -0.05) is 24.3 Å². The molecule has 2 aliphatic rings. The monoisotopic (exact) mass is 325 g/mol. The highest BCUT2D eigenvalue weighted by Gasteiger charge is 2.47. The molecule has 126 valence electrons. The van der Waals surface area contributed by atoms with E-state index in [0.717, 1.165) is 19.3 Å². The van der Waals surface area contributed by atoms with Crippen molar-refractivity contribution in [3.05, 3.63) is 48.2 Å². The Kier molecular flexibility index (Phi) is 3.93. The molecule has 2 aromatic rings. The number of nitrogens with zero attached hydrogens (tertiary/aromatic N) is 1. The first-order chi connectivity index (χ1) is 11.7. The number of fused-ring (bicyclic) bond motifs is 2. The third-order valence-electron chi connectivity index (χ3n) is 5.54. The van der Waals surface area contributed by atoms with E-state index in [-0.39, 0.29) is 30.0 Å². The predicted octanol–water partition coefficient (Wildman–Crippen LogP) is 3.52. The van der Waals surface area contributed by atoms with E-state index < -0.39 is 0 Å². The summed E-state index contributed by atoms with van der Waals surface area (Å²) >= 11 is 0. The minimum atomic E-state index is -0.186. The number of ether oxygens (including phenoxy) is 2. The van der Waals surface area contributed by atoms with Crippen LogP contribution in [0, 0.1) is 5.92 Å². The van der Waals surface area contributed by atoms with E-state index in [9.17, 15) is 4.79 Å².